The van der Waals surface area contributed by atoms with Crippen LogP contribution in [0.15, 0.2) is 49.1 Å². The lowest BCUT2D eigenvalue weighted by atomic mass is 9.37. The molecule has 2 aromatic heterocycles. The highest BCUT2D eigenvalue weighted by Gasteiger charge is 2.69. The van der Waals surface area contributed by atoms with Crippen LogP contribution in [0.3, 0.4) is 0 Å². The summed E-state index contributed by atoms with van der Waals surface area (Å²) in [6.45, 7) is 0. The van der Waals surface area contributed by atoms with Crippen LogP contribution in [0.4, 0.5) is 13.2 Å². The summed E-state index contributed by atoms with van der Waals surface area (Å²) in [5.41, 5.74) is 0.190. The Bertz CT molecular complexity index is 1300. The number of benzene rings is 1. The van der Waals surface area contributed by atoms with Crippen molar-refractivity contribution >= 4 is 17.5 Å². The fourth-order valence-corrected chi connectivity index (χ4v) is 5.77. The van der Waals surface area contributed by atoms with E-state index >= 15 is 0 Å². The Kier molecular flexibility index (Phi) is 4.76. The van der Waals surface area contributed by atoms with E-state index in [0.717, 1.165) is 37.4 Å². The van der Waals surface area contributed by atoms with Gasteiger partial charge in [-0.2, -0.15) is 13.2 Å². The lowest BCUT2D eigenvalue weighted by molar-refractivity contribution is -0.146. The van der Waals surface area contributed by atoms with Gasteiger partial charge in [0.05, 0.1) is 6.10 Å². The first kappa shape index (κ1) is 22.4. The molecule has 0 unspecified atom stereocenters. The van der Waals surface area contributed by atoms with E-state index < -0.39 is 24.1 Å². The molecule has 0 saturated heterocycles. The van der Waals surface area contributed by atoms with Crippen molar-refractivity contribution in [1.82, 2.24) is 19.9 Å². The molecular formula is C24H20ClF3N4O3. The molecule has 7 nitrogen and oxygen atoms in total. The summed E-state index contributed by atoms with van der Waals surface area (Å²) < 4.78 is 45.4. The molecule has 2 N–H and O–H groups in total. The first-order chi connectivity index (χ1) is 16.6. The normalized spacial score (nSPS) is 28.8. The van der Waals surface area contributed by atoms with Gasteiger partial charge in [0, 0.05) is 40.4 Å². The van der Waals surface area contributed by atoms with Gasteiger partial charge < -0.3 is 15.2 Å². The van der Waals surface area contributed by atoms with E-state index in [1.54, 1.807) is 30.5 Å². The molecule has 0 radical (unpaired) electrons. The second-order valence-corrected chi connectivity index (χ2v) is 10.1. The molecule has 7 rings (SSSR count). The lowest BCUT2D eigenvalue weighted by Crippen LogP contribution is -2.77. The van der Waals surface area contributed by atoms with Crippen molar-refractivity contribution in [2.24, 2.45) is 0 Å². The van der Waals surface area contributed by atoms with Gasteiger partial charge in [-0.25, -0.2) is 9.97 Å². The summed E-state index contributed by atoms with van der Waals surface area (Å²) in [6, 6.07) is 8.48. The zero-order valence-corrected chi connectivity index (χ0v) is 19.0. The first-order valence-electron chi connectivity index (χ1n) is 11.1. The Morgan fingerprint density at radius 3 is 2.63 bits per heavy atom. The fourth-order valence-electron chi connectivity index (χ4n) is 5.59. The molecule has 1 amide bonds. The number of carbonyl (C=O) groups excluding carboxylic acids is 1. The Hall–Kier alpha value is -3.11. The number of aliphatic hydroxyl groups excluding tert-OH is 1. The highest BCUT2D eigenvalue weighted by molar-refractivity contribution is 6.30. The Morgan fingerprint density at radius 2 is 1.97 bits per heavy atom. The maximum Gasteiger partial charge on any atom is 0.434 e. The Balaban J connectivity index is 1.08. The molecule has 3 aromatic rings. The number of halogens is 4. The number of carbonyl (C=O) groups is 1. The van der Waals surface area contributed by atoms with Gasteiger partial charge in [-0.3, -0.25) is 9.36 Å². The minimum absolute atomic E-state index is 0.0961. The topological polar surface area (TPSA) is 89.3 Å². The highest BCUT2D eigenvalue weighted by Crippen LogP contribution is 2.67. The van der Waals surface area contributed by atoms with Gasteiger partial charge in [0.25, 0.3) is 5.91 Å². The van der Waals surface area contributed by atoms with E-state index in [4.69, 9.17) is 16.3 Å². The highest BCUT2D eigenvalue weighted by atomic mass is 35.5. The predicted octanol–water partition coefficient (Wildman–Crippen LogP) is 4.11. The van der Waals surface area contributed by atoms with Crippen molar-refractivity contribution < 1.29 is 27.8 Å². The predicted molar refractivity (Wildman–Crippen MR) is 118 cm³/mol. The van der Waals surface area contributed by atoms with Gasteiger partial charge in [-0.1, -0.05) is 17.7 Å². The van der Waals surface area contributed by atoms with Crippen molar-refractivity contribution in [1.29, 1.82) is 0 Å². The second kappa shape index (κ2) is 7.44. The summed E-state index contributed by atoms with van der Waals surface area (Å²) in [4.78, 5) is 20.6. The minimum Gasteiger partial charge on any atom is -0.480 e. The third-order valence-electron chi connectivity index (χ3n) is 7.25. The molecule has 3 aliphatic carbocycles. The van der Waals surface area contributed by atoms with Crippen LogP contribution in [0.5, 0.6) is 5.75 Å². The van der Waals surface area contributed by atoms with Crippen LogP contribution >= 0.6 is 11.6 Å². The summed E-state index contributed by atoms with van der Waals surface area (Å²) in [5.74, 6) is 0.543. The van der Waals surface area contributed by atoms with Crippen molar-refractivity contribution in [3.05, 3.63) is 70.9 Å². The monoisotopic (exact) mass is 504 g/mol. The zero-order valence-electron chi connectivity index (χ0n) is 18.2. The largest absolute Gasteiger partial charge is 0.480 e. The third-order valence-corrected chi connectivity index (χ3v) is 7.48. The molecule has 2 atom stereocenters. The Morgan fingerprint density at radius 1 is 1.20 bits per heavy atom. The molecule has 4 aliphatic rings. The van der Waals surface area contributed by atoms with Crippen LogP contribution in [0, 0.1) is 0 Å². The number of aromatic nitrogens is 3. The molecular weight excluding hydrogens is 485 g/mol. The standard InChI is InChI=1S/C24H20ClF3N4O3/c25-14-2-3-17-15(5-14)16(33)6-18(35-17)21(34)31-23-9-22(10-23,11-23)13-1-4-20(29-7-13)32-8-19(30-12-32)24(26,27)28/h1-5,7-8,12,16,18,33H,6,9-11H2,(H,31,34)/t16-,18-,22?,23?/m1/s1. The van der Waals surface area contributed by atoms with Crippen LogP contribution in [0.2, 0.25) is 5.02 Å². The fraction of sp³-hybridized carbons (Fsp3) is 0.375. The molecule has 3 fully saturated rings. The smallest absolute Gasteiger partial charge is 0.434 e. The van der Waals surface area contributed by atoms with E-state index in [1.165, 1.54) is 4.57 Å². The van der Waals surface area contributed by atoms with Crippen molar-refractivity contribution in [3.63, 3.8) is 0 Å². The minimum atomic E-state index is -4.51. The number of alkyl halides is 3. The maximum atomic E-state index is 12.9. The number of hydrogen-bond acceptors (Lipinski definition) is 5. The van der Waals surface area contributed by atoms with Crippen LogP contribution in [-0.4, -0.2) is 37.2 Å². The third kappa shape index (κ3) is 3.66. The lowest BCUT2D eigenvalue weighted by Gasteiger charge is -2.71. The van der Waals surface area contributed by atoms with Crippen molar-refractivity contribution in [2.45, 2.75) is 55.0 Å². The van der Waals surface area contributed by atoms with E-state index in [2.05, 4.69) is 15.3 Å². The molecule has 1 aromatic carbocycles. The number of amides is 1. The zero-order chi connectivity index (χ0) is 24.6. The SMILES string of the molecule is O=C(NC12CC(c3ccc(-n4cnc(C(F)(F)F)c4)nc3)(C1)C2)[C@H]1C[C@@H](O)c2cc(Cl)ccc2O1. The van der Waals surface area contributed by atoms with E-state index in [-0.39, 0.29) is 23.3 Å². The van der Waals surface area contributed by atoms with Crippen molar-refractivity contribution in [2.75, 3.05) is 0 Å². The second-order valence-electron chi connectivity index (χ2n) is 9.69. The van der Waals surface area contributed by atoms with Gasteiger partial charge in [0.2, 0.25) is 0 Å². The number of pyridine rings is 1. The van der Waals surface area contributed by atoms with Gasteiger partial charge in [0.15, 0.2) is 11.8 Å². The molecule has 0 spiro atoms. The summed E-state index contributed by atoms with van der Waals surface area (Å²) >= 11 is 5.99. The van der Waals surface area contributed by atoms with Crippen molar-refractivity contribution in [3.8, 4) is 11.6 Å². The number of rotatable bonds is 4. The van der Waals surface area contributed by atoms with Gasteiger partial charge in [-0.15, -0.1) is 0 Å². The van der Waals surface area contributed by atoms with E-state index in [1.807, 2.05) is 6.07 Å². The molecule has 2 bridgehead atoms. The quantitative estimate of drug-likeness (QED) is 0.558. The number of hydrogen-bond donors (Lipinski definition) is 2. The average Bonchev–Trinajstić information content (AvgIpc) is 3.26. The van der Waals surface area contributed by atoms with Crippen LogP contribution in [0.25, 0.3) is 5.82 Å². The van der Waals surface area contributed by atoms with Crippen LogP contribution in [0.1, 0.15) is 48.6 Å². The first-order valence-corrected chi connectivity index (χ1v) is 11.5. The van der Waals surface area contributed by atoms with Gasteiger partial charge >= 0.3 is 6.18 Å². The Labute approximate surface area is 202 Å². The van der Waals surface area contributed by atoms with Gasteiger partial charge in [-0.05, 0) is 49.1 Å². The average molecular weight is 505 g/mol. The van der Waals surface area contributed by atoms with Gasteiger partial charge in [0.1, 0.15) is 17.9 Å². The number of ether oxygens (including phenoxy) is 1. The molecule has 11 heteroatoms. The number of fused-ring (bicyclic) bond motifs is 1. The molecule has 1 aliphatic heterocycles. The number of nitrogens with zero attached hydrogens (tertiary/aromatic N) is 3. The maximum absolute atomic E-state index is 12.9. The summed E-state index contributed by atoms with van der Waals surface area (Å²) in [5, 5.41) is 14.0. The molecule has 182 valence electrons. The van der Waals surface area contributed by atoms with E-state index in [0.29, 0.717) is 22.2 Å². The summed E-state index contributed by atoms with van der Waals surface area (Å²) in [6.07, 6.45) is -0.0634. The van der Waals surface area contributed by atoms with Crippen LogP contribution < -0.4 is 10.1 Å². The van der Waals surface area contributed by atoms with Crippen LogP contribution in [-0.2, 0) is 16.4 Å². The molecule has 35 heavy (non-hydrogen) atoms. The molecule has 3 heterocycles. The molecule has 3 saturated carbocycles. The number of nitrogens with one attached hydrogen (secondary N) is 1. The van der Waals surface area contributed by atoms with E-state index in [9.17, 15) is 23.1 Å². The number of imidazole rings is 1. The summed E-state index contributed by atoms with van der Waals surface area (Å²) in [7, 11) is 0. The number of aliphatic hydroxyl groups is 1.